The molecule has 1 aromatic heterocycles. The summed E-state index contributed by atoms with van der Waals surface area (Å²) in [6.45, 7) is 1.96. The number of carbonyl (C=O) groups is 4. The molecule has 0 aliphatic carbocycles. The van der Waals surface area contributed by atoms with Crippen LogP contribution < -0.4 is 32.3 Å². The quantitative estimate of drug-likeness (QED) is 0.0860. The first-order valence-corrected chi connectivity index (χ1v) is 14.9. The van der Waals surface area contributed by atoms with E-state index in [0.717, 1.165) is 18.2 Å². The average Bonchev–Trinajstić information content (AvgIpc) is 3.06. The van der Waals surface area contributed by atoms with Crippen LogP contribution in [-0.2, 0) is 11.0 Å². The van der Waals surface area contributed by atoms with Crippen LogP contribution >= 0.6 is 0 Å². The molecular weight excluding hydrogens is 645 g/mol. The molecule has 0 fully saturated rings. The Morgan fingerprint density at radius 1 is 0.816 bits per heavy atom. The normalized spacial score (nSPS) is 11.6. The van der Waals surface area contributed by atoms with Gasteiger partial charge in [-0.05, 0) is 80.3 Å². The number of rotatable bonds is 13. The highest BCUT2D eigenvalue weighted by molar-refractivity contribution is 6.08. The number of nitrogens with one attached hydrogen (secondary N) is 5. The van der Waals surface area contributed by atoms with Gasteiger partial charge in [-0.15, -0.1) is 0 Å². The Kier molecular flexibility index (Phi) is 11.8. The lowest BCUT2D eigenvalue weighted by atomic mass is 10.1. The van der Waals surface area contributed by atoms with Crippen molar-refractivity contribution < 1.29 is 37.5 Å². The highest BCUT2D eigenvalue weighted by Gasteiger charge is 2.31. The third-order valence-electron chi connectivity index (χ3n) is 7.04. The van der Waals surface area contributed by atoms with Gasteiger partial charge in [0.1, 0.15) is 0 Å². The Hall–Kier alpha value is -6.03. The third-order valence-corrected chi connectivity index (χ3v) is 7.04. The summed E-state index contributed by atoms with van der Waals surface area (Å²) in [5.74, 6) is -1.49. The van der Waals surface area contributed by atoms with Crippen LogP contribution in [0.3, 0.4) is 0 Å². The van der Waals surface area contributed by atoms with Crippen molar-refractivity contribution in [2.75, 3.05) is 27.8 Å². The van der Waals surface area contributed by atoms with E-state index in [1.165, 1.54) is 30.6 Å². The van der Waals surface area contributed by atoms with Crippen molar-refractivity contribution in [2.45, 2.75) is 38.4 Å². The largest absolute Gasteiger partial charge is 0.465 e. The maximum atomic E-state index is 13.1. The van der Waals surface area contributed by atoms with E-state index < -0.39 is 41.6 Å². The lowest BCUT2D eigenvalue weighted by Crippen LogP contribution is -2.35. The van der Waals surface area contributed by atoms with Crippen LogP contribution in [0.4, 0.5) is 46.7 Å². The predicted molar refractivity (Wildman–Crippen MR) is 177 cm³/mol. The predicted octanol–water partition coefficient (Wildman–Crippen LogP) is 5.76. The number of amides is 4. The van der Waals surface area contributed by atoms with Gasteiger partial charge >= 0.3 is 12.3 Å². The van der Waals surface area contributed by atoms with Crippen LogP contribution in [-0.4, -0.2) is 51.5 Å². The molecule has 0 aliphatic heterocycles. The van der Waals surface area contributed by atoms with Crippen molar-refractivity contribution in [2.24, 2.45) is 5.73 Å². The molecule has 8 N–H and O–H groups in total. The molecule has 1 atom stereocenters. The van der Waals surface area contributed by atoms with Crippen molar-refractivity contribution in [1.82, 2.24) is 15.3 Å². The van der Waals surface area contributed by atoms with Crippen LogP contribution in [0.2, 0.25) is 0 Å². The molecule has 256 valence electrons. The van der Waals surface area contributed by atoms with Crippen molar-refractivity contribution in [3.05, 3.63) is 101 Å². The molecule has 1 unspecified atom stereocenters. The second-order valence-corrected chi connectivity index (χ2v) is 10.8. The molecule has 0 aliphatic rings. The molecule has 13 nitrogen and oxygen atoms in total. The number of carboxylic acid groups (broad SMARTS) is 1. The first-order valence-electron chi connectivity index (χ1n) is 14.9. The number of halogens is 3. The first kappa shape index (κ1) is 35.8. The highest BCUT2D eigenvalue weighted by Crippen LogP contribution is 2.30. The molecule has 0 radical (unpaired) electrons. The Morgan fingerprint density at radius 3 is 2.20 bits per heavy atom. The zero-order valence-electron chi connectivity index (χ0n) is 26.1. The number of anilines is 5. The highest BCUT2D eigenvalue weighted by atomic mass is 19.4. The Balaban J connectivity index is 1.32. The average molecular weight is 679 g/mol. The van der Waals surface area contributed by atoms with Crippen LogP contribution in [0, 0.1) is 6.92 Å². The first-order chi connectivity index (χ1) is 23.3. The van der Waals surface area contributed by atoms with Gasteiger partial charge in [0.2, 0.25) is 11.9 Å². The number of nitrogens with zero attached hydrogens (tertiary/aromatic N) is 2. The molecular formula is C33H33F3N8O5. The lowest BCUT2D eigenvalue weighted by molar-refractivity contribution is -0.137. The Morgan fingerprint density at radius 2 is 1.49 bits per heavy atom. The summed E-state index contributed by atoms with van der Waals surface area (Å²) in [7, 11) is 0. The van der Waals surface area contributed by atoms with Crippen molar-refractivity contribution >= 4 is 52.5 Å². The molecule has 4 aromatic rings. The smallest absolute Gasteiger partial charge is 0.416 e. The number of nitrogens with two attached hydrogens (primary N) is 1. The number of alkyl halides is 3. The van der Waals surface area contributed by atoms with Gasteiger partial charge in [-0.1, -0.05) is 18.2 Å². The van der Waals surface area contributed by atoms with Gasteiger partial charge in [0.15, 0.2) is 0 Å². The minimum atomic E-state index is -4.60. The molecule has 0 saturated carbocycles. The fraction of sp³-hybridized carbons (Fsp3) is 0.212. The van der Waals surface area contributed by atoms with Crippen LogP contribution in [0.25, 0.3) is 0 Å². The molecule has 4 amide bonds. The number of carbonyl (C=O) groups excluding carboxylic acids is 3. The lowest BCUT2D eigenvalue weighted by Gasteiger charge is -2.13. The summed E-state index contributed by atoms with van der Waals surface area (Å²) < 4.78 is 39.2. The topological polar surface area (TPSA) is 200 Å². The van der Waals surface area contributed by atoms with Gasteiger partial charge in [-0.25, -0.2) is 14.8 Å². The summed E-state index contributed by atoms with van der Waals surface area (Å²) in [6.07, 6.45) is -1.46. The second kappa shape index (κ2) is 16.2. The van der Waals surface area contributed by atoms with Gasteiger partial charge < -0.3 is 37.4 Å². The van der Waals surface area contributed by atoms with Crippen LogP contribution in [0.1, 0.15) is 51.1 Å². The van der Waals surface area contributed by atoms with Crippen molar-refractivity contribution in [1.29, 1.82) is 0 Å². The van der Waals surface area contributed by atoms with E-state index >= 15 is 0 Å². The van der Waals surface area contributed by atoms with Gasteiger partial charge in [-0.2, -0.15) is 13.2 Å². The van der Waals surface area contributed by atoms with Crippen molar-refractivity contribution in [3.8, 4) is 0 Å². The number of unbranched alkanes of at least 4 members (excludes halogenated alkanes) is 1. The zero-order valence-corrected chi connectivity index (χ0v) is 26.1. The number of aromatic nitrogens is 2. The summed E-state index contributed by atoms with van der Waals surface area (Å²) in [4.78, 5) is 57.1. The summed E-state index contributed by atoms with van der Waals surface area (Å²) in [5, 5.41) is 21.8. The van der Waals surface area contributed by atoms with Gasteiger partial charge in [-0.3, -0.25) is 14.4 Å². The van der Waals surface area contributed by atoms with E-state index in [4.69, 9.17) is 10.8 Å². The molecule has 0 bridgehead atoms. The molecule has 1 heterocycles. The van der Waals surface area contributed by atoms with Crippen LogP contribution in [0.5, 0.6) is 0 Å². The number of benzene rings is 3. The molecule has 16 heteroatoms. The summed E-state index contributed by atoms with van der Waals surface area (Å²) in [6, 6.07) is 14.5. The molecule has 0 spiro atoms. The van der Waals surface area contributed by atoms with Crippen LogP contribution in [0.15, 0.2) is 79.1 Å². The third kappa shape index (κ3) is 10.8. The second-order valence-electron chi connectivity index (χ2n) is 10.8. The maximum absolute atomic E-state index is 13.1. The minimum Gasteiger partial charge on any atom is -0.465 e. The van der Waals surface area contributed by atoms with E-state index in [1.54, 1.807) is 37.3 Å². The molecule has 3 aromatic carbocycles. The number of hydrogen-bond acceptors (Lipinski definition) is 8. The number of aryl methyl sites for hydroxylation is 1. The van der Waals surface area contributed by atoms with E-state index in [9.17, 15) is 32.3 Å². The zero-order chi connectivity index (χ0) is 35.6. The van der Waals surface area contributed by atoms with E-state index in [-0.39, 0.29) is 35.0 Å². The molecule has 0 saturated heterocycles. The molecule has 49 heavy (non-hydrogen) atoms. The van der Waals surface area contributed by atoms with E-state index in [2.05, 4.69) is 36.6 Å². The van der Waals surface area contributed by atoms with Gasteiger partial charge in [0.25, 0.3) is 11.8 Å². The minimum absolute atomic E-state index is 0.190. The fourth-order valence-corrected chi connectivity index (χ4v) is 4.49. The van der Waals surface area contributed by atoms with E-state index in [0.29, 0.717) is 36.2 Å². The Bertz CT molecular complexity index is 1820. The fourth-order valence-electron chi connectivity index (χ4n) is 4.49. The standard InChI is InChI=1S/C33H33F3N8O5/c1-19-11-12-24(41-28(45)20-6-4-7-21(14-20)33(34,35)36)16-26(19)29(46)43-25-17-39-31(40-18-25)44-23-9-5-8-22(15-23)42-30(47)27(37)10-2-3-13-38-32(48)49/h4-9,11-12,14-18,27,38H,2-3,10,13,37H2,1H3,(H,41,45)(H,42,47)(H,43,46)(H,48,49)(H,39,40,44). The molecule has 4 rings (SSSR count). The monoisotopic (exact) mass is 678 g/mol. The maximum Gasteiger partial charge on any atom is 0.416 e. The van der Waals surface area contributed by atoms with Gasteiger partial charge in [0.05, 0.1) is 29.7 Å². The summed E-state index contributed by atoms with van der Waals surface area (Å²) >= 11 is 0. The van der Waals surface area contributed by atoms with E-state index in [1.807, 2.05) is 0 Å². The Labute approximate surface area is 278 Å². The van der Waals surface area contributed by atoms with Crippen molar-refractivity contribution in [3.63, 3.8) is 0 Å². The summed E-state index contributed by atoms with van der Waals surface area (Å²) in [5.41, 5.74) is 7.11. The van der Waals surface area contributed by atoms with Gasteiger partial charge in [0, 0.05) is 34.7 Å². The SMILES string of the molecule is Cc1ccc(NC(=O)c2cccc(C(F)(F)F)c2)cc1C(=O)Nc1cnc(Nc2cccc(NC(=O)C(N)CCCCNC(=O)O)c2)nc1. The number of hydrogen-bond donors (Lipinski definition) is 7.